The van der Waals surface area contributed by atoms with E-state index in [9.17, 15) is 8.42 Å². The molecule has 1 atom stereocenters. The summed E-state index contributed by atoms with van der Waals surface area (Å²) in [7, 11) is -2.13. The zero-order chi connectivity index (χ0) is 11.9. The van der Waals surface area contributed by atoms with Crippen molar-refractivity contribution in [1.82, 2.24) is 9.44 Å². The van der Waals surface area contributed by atoms with Crippen molar-refractivity contribution in [3.63, 3.8) is 0 Å². The molecular formula is C7H18N4O3S. The summed E-state index contributed by atoms with van der Waals surface area (Å²) in [6.07, 6.45) is 0.431. The minimum absolute atomic E-state index is 0.181. The number of hydrogen-bond acceptors (Lipinski definition) is 4. The van der Waals surface area contributed by atoms with Crippen LogP contribution in [0.3, 0.4) is 0 Å². The molecule has 90 valence electrons. The fourth-order valence-electron chi connectivity index (χ4n) is 0.874. The fraction of sp³-hybridized carbons (Fsp3) is 0.857. The first-order valence-corrected chi connectivity index (χ1v) is 6.01. The topological polar surface area (TPSA) is 117 Å². The molecule has 0 spiro atoms. The highest BCUT2D eigenvalue weighted by molar-refractivity contribution is 7.87. The van der Waals surface area contributed by atoms with Gasteiger partial charge < -0.3 is 10.5 Å². The zero-order valence-electron chi connectivity index (χ0n) is 8.91. The Morgan fingerprint density at radius 3 is 2.60 bits per heavy atom. The molecule has 0 bridgehead atoms. The van der Waals surface area contributed by atoms with Crippen molar-refractivity contribution in [3.8, 4) is 0 Å². The largest absolute Gasteiger partial charge is 0.386 e. The minimum Gasteiger partial charge on any atom is -0.386 e. The van der Waals surface area contributed by atoms with Gasteiger partial charge in [0.05, 0.1) is 12.6 Å². The molecule has 15 heavy (non-hydrogen) atoms. The minimum atomic E-state index is -3.61. The first-order valence-electron chi connectivity index (χ1n) is 4.52. The third kappa shape index (κ3) is 6.39. The smallest absolute Gasteiger partial charge is 0.277 e. The van der Waals surface area contributed by atoms with E-state index in [1.807, 2.05) is 0 Å². The predicted octanol–water partition coefficient (Wildman–Crippen LogP) is -1.23. The Labute approximate surface area is 90.1 Å². The molecule has 0 aliphatic rings. The van der Waals surface area contributed by atoms with Crippen LogP contribution in [0.4, 0.5) is 0 Å². The summed E-state index contributed by atoms with van der Waals surface area (Å²) in [4.78, 5) is 0. The van der Waals surface area contributed by atoms with Crippen LogP contribution < -0.4 is 15.2 Å². The van der Waals surface area contributed by atoms with Crippen molar-refractivity contribution in [3.05, 3.63) is 0 Å². The molecular weight excluding hydrogens is 220 g/mol. The Morgan fingerprint density at radius 1 is 1.60 bits per heavy atom. The predicted molar refractivity (Wildman–Crippen MR) is 57.9 cm³/mol. The molecule has 0 amide bonds. The molecule has 8 heteroatoms. The molecule has 0 aromatic rings. The van der Waals surface area contributed by atoms with E-state index < -0.39 is 16.3 Å². The molecule has 0 fully saturated rings. The Bertz CT molecular complexity index is 291. The maximum Gasteiger partial charge on any atom is 0.277 e. The van der Waals surface area contributed by atoms with E-state index >= 15 is 0 Å². The van der Waals surface area contributed by atoms with Crippen molar-refractivity contribution < 1.29 is 13.2 Å². The van der Waals surface area contributed by atoms with Gasteiger partial charge in [0.25, 0.3) is 10.2 Å². The second-order valence-electron chi connectivity index (χ2n) is 2.92. The summed E-state index contributed by atoms with van der Waals surface area (Å²) in [6.45, 7) is 2.21. The molecule has 0 rings (SSSR count). The molecule has 7 nitrogen and oxygen atoms in total. The van der Waals surface area contributed by atoms with Gasteiger partial charge in [-0.3, -0.25) is 5.41 Å². The maximum absolute atomic E-state index is 11.3. The van der Waals surface area contributed by atoms with E-state index in [0.717, 1.165) is 0 Å². The average molecular weight is 238 g/mol. The van der Waals surface area contributed by atoms with E-state index in [1.54, 1.807) is 6.92 Å². The van der Waals surface area contributed by atoms with Crippen LogP contribution >= 0.6 is 0 Å². The number of ether oxygens (including phenoxy) is 1. The molecule has 0 radical (unpaired) electrons. The van der Waals surface area contributed by atoms with Crippen molar-refractivity contribution in [1.29, 1.82) is 5.41 Å². The van der Waals surface area contributed by atoms with Gasteiger partial charge in [-0.15, -0.1) is 0 Å². The summed E-state index contributed by atoms with van der Waals surface area (Å²) < 4.78 is 31.9. The van der Waals surface area contributed by atoms with Crippen LogP contribution in [0.15, 0.2) is 0 Å². The highest BCUT2D eigenvalue weighted by Crippen LogP contribution is 1.92. The highest BCUT2D eigenvalue weighted by Gasteiger charge is 2.17. The third-order valence-electron chi connectivity index (χ3n) is 1.68. The lowest BCUT2D eigenvalue weighted by Gasteiger charge is -2.15. The van der Waals surface area contributed by atoms with Gasteiger partial charge in [0.1, 0.15) is 5.84 Å². The van der Waals surface area contributed by atoms with Crippen LogP contribution in [0, 0.1) is 5.41 Å². The Balaban J connectivity index is 4.17. The molecule has 0 aliphatic carbocycles. The molecule has 0 saturated heterocycles. The van der Waals surface area contributed by atoms with Crippen molar-refractivity contribution in [2.45, 2.75) is 19.4 Å². The number of methoxy groups -OCH3 is 1. The number of nitrogens with one attached hydrogen (secondary N) is 3. The second kappa shape index (κ2) is 6.72. The van der Waals surface area contributed by atoms with Gasteiger partial charge in [-0.2, -0.15) is 17.9 Å². The SMILES string of the molecule is CCC(NS(=O)(=O)NCCOC)C(=N)N. The molecule has 1 unspecified atom stereocenters. The first kappa shape index (κ1) is 14.3. The summed E-state index contributed by atoms with van der Waals surface area (Å²) >= 11 is 0. The van der Waals surface area contributed by atoms with Crippen LogP contribution in [0.5, 0.6) is 0 Å². The Morgan fingerprint density at radius 2 is 2.20 bits per heavy atom. The number of nitrogens with two attached hydrogens (primary N) is 1. The summed E-state index contributed by atoms with van der Waals surface area (Å²) in [5, 5.41) is 7.14. The van der Waals surface area contributed by atoms with Crippen molar-refractivity contribution >= 4 is 16.0 Å². The molecule has 0 saturated carbocycles. The number of rotatable bonds is 8. The normalized spacial score (nSPS) is 13.7. The van der Waals surface area contributed by atoms with Crippen LogP contribution in [-0.2, 0) is 14.9 Å². The Hall–Kier alpha value is -0.700. The molecule has 0 aromatic carbocycles. The van der Waals surface area contributed by atoms with Crippen LogP contribution in [0.1, 0.15) is 13.3 Å². The maximum atomic E-state index is 11.3. The van der Waals surface area contributed by atoms with Gasteiger partial charge in [-0.1, -0.05) is 6.92 Å². The van der Waals surface area contributed by atoms with E-state index in [0.29, 0.717) is 6.42 Å². The Kier molecular flexibility index (Phi) is 6.41. The van der Waals surface area contributed by atoms with Crippen LogP contribution in [0.2, 0.25) is 0 Å². The van der Waals surface area contributed by atoms with Crippen molar-refractivity contribution in [2.75, 3.05) is 20.3 Å². The van der Waals surface area contributed by atoms with Gasteiger partial charge in [0, 0.05) is 13.7 Å². The van der Waals surface area contributed by atoms with E-state index in [-0.39, 0.29) is 19.0 Å². The van der Waals surface area contributed by atoms with E-state index in [4.69, 9.17) is 15.9 Å². The fourth-order valence-corrected chi connectivity index (χ4v) is 1.98. The molecule has 0 heterocycles. The third-order valence-corrected chi connectivity index (χ3v) is 2.86. The number of amidine groups is 1. The molecule has 0 aromatic heterocycles. The summed E-state index contributed by atoms with van der Waals surface area (Å²) in [5.41, 5.74) is 5.21. The monoisotopic (exact) mass is 238 g/mol. The quantitative estimate of drug-likeness (QED) is 0.240. The highest BCUT2D eigenvalue weighted by atomic mass is 32.2. The average Bonchev–Trinajstić information content (AvgIpc) is 2.14. The van der Waals surface area contributed by atoms with Crippen LogP contribution in [-0.4, -0.2) is 40.6 Å². The lowest BCUT2D eigenvalue weighted by atomic mass is 10.2. The van der Waals surface area contributed by atoms with Gasteiger partial charge >= 0.3 is 0 Å². The summed E-state index contributed by atoms with van der Waals surface area (Å²) in [6, 6.07) is -0.662. The first-order chi connectivity index (χ1) is 6.93. The van der Waals surface area contributed by atoms with Gasteiger partial charge in [0.15, 0.2) is 0 Å². The lowest BCUT2D eigenvalue weighted by molar-refractivity contribution is 0.204. The zero-order valence-corrected chi connectivity index (χ0v) is 9.73. The lowest BCUT2D eigenvalue weighted by Crippen LogP contribution is -2.48. The van der Waals surface area contributed by atoms with E-state index in [2.05, 4.69) is 9.44 Å². The summed E-state index contributed by atoms with van der Waals surface area (Å²) in [5.74, 6) is -0.199. The van der Waals surface area contributed by atoms with Crippen molar-refractivity contribution in [2.24, 2.45) is 5.73 Å². The molecule has 0 aliphatic heterocycles. The van der Waals surface area contributed by atoms with Gasteiger partial charge in [-0.05, 0) is 6.42 Å². The van der Waals surface area contributed by atoms with E-state index in [1.165, 1.54) is 7.11 Å². The standard InChI is InChI=1S/C7H18N4O3S/c1-3-6(7(8)9)11-15(12,13)10-4-5-14-2/h6,10-11H,3-5H2,1-2H3,(H3,8,9). The van der Waals surface area contributed by atoms with Crippen LogP contribution in [0.25, 0.3) is 0 Å². The van der Waals surface area contributed by atoms with Gasteiger partial charge in [-0.25, -0.2) is 0 Å². The number of hydrogen-bond donors (Lipinski definition) is 4. The van der Waals surface area contributed by atoms with Gasteiger partial charge in [0.2, 0.25) is 0 Å². The molecule has 5 N–H and O–H groups in total. The second-order valence-corrected chi connectivity index (χ2v) is 4.46.